The third kappa shape index (κ3) is 4.20. The van der Waals surface area contributed by atoms with Gasteiger partial charge >= 0.3 is 0 Å². The Hall–Kier alpha value is -2.14. The Morgan fingerprint density at radius 1 is 1.09 bits per heavy atom. The standard InChI is InChI=1S/C18H19BrN2O2/c1-11-4-9-16(15(10-11)18(23)20-3)21-17(22)12(2)13-5-7-14(19)8-6-13/h4-10,12H,1-3H3,(H,20,23)(H,21,22)/t12-/m1/s1. The van der Waals surface area contributed by atoms with E-state index in [2.05, 4.69) is 26.6 Å². The number of benzene rings is 2. The van der Waals surface area contributed by atoms with Gasteiger partial charge in [0.2, 0.25) is 5.91 Å². The van der Waals surface area contributed by atoms with Gasteiger partial charge in [-0.2, -0.15) is 0 Å². The number of rotatable bonds is 4. The van der Waals surface area contributed by atoms with E-state index in [4.69, 9.17) is 0 Å². The van der Waals surface area contributed by atoms with E-state index >= 15 is 0 Å². The first-order valence-corrected chi connectivity index (χ1v) is 8.10. The van der Waals surface area contributed by atoms with Crippen molar-refractivity contribution in [3.05, 3.63) is 63.6 Å². The minimum atomic E-state index is -0.318. The molecule has 2 aromatic rings. The molecule has 0 aliphatic rings. The van der Waals surface area contributed by atoms with Gasteiger partial charge in [0.25, 0.3) is 5.91 Å². The largest absolute Gasteiger partial charge is 0.355 e. The second-order valence-corrected chi connectivity index (χ2v) is 6.31. The van der Waals surface area contributed by atoms with E-state index in [9.17, 15) is 9.59 Å². The molecule has 0 aliphatic carbocycles. The number of anilines is 1. The maximum absolute atomic E-state index is 12.5. The molecule has 0 aliphatic heterocycles. The van der Waals surface area contributed by atoms with Crippen molar-refractivity contribution in [3.8, 4) is 0 Å². The van der Waals surface area contributed by atoms with Crippen molar-refractivity contribution in [3.63, 3.8) is 0 Å². The molecule has 0 bridgehead atoms. The first-order chi connectivity index (χ1) is 10.9. The van der Waals surface area contributed by atoms with Gasteiger partial charge in [-0.25, -0.2) is 0 Å². The Labute approximate surface area is 144 Å². The number of carbonyl (C=O) groups excluding carboxylic acids is 2. The van der Waals surface area contributed by atoms with Gasteiger partial charge in [0, 0.05) is 11.5 Å². The number of halogens is 1. The SMILES string of the molecule is CNC(=O)c1cc(C)ccc1NC(=O)[C@H](C)c1ccc(Br)cc1. The second kappa shape index (κ2) is 7.42. The zero-order chi connectivity index (χ0) is 17.0. The Morgan fingerprint density at radius 3 is 2.35 bits per heavy atom. The first kappa shape index (κ1) is 17.2. The Morgan fingerprint density at radius 2 is 1.74 bits per heavy atom. The highest BCUT2D eigenvalue weighted by Crippen LogP contribution is 2.22. The highest BCUT2D eigenvalue weighted by atomic mass is 79.9. The van der Waals surface area contributed by atoms with E-state index in [1.54, 1.807) is 19.2 Å². The lowest BCUT2D eigenvalue weighted by Crippen LogP contribution is -2.24. The monoisotopic (exact) mass is 374 g/mol. The minimum absolute atomic E-state index is 0.152. The summed E-state index contributed by atoms with van der Waals surface area (Å²) in [7, 11) is 1.57. The fourth-order valence-corrected chi connectivity index (χ4v) is 2.50. The van der Waals surface area contributed by atoms with Gasteiger partial charge in [0.15, 0.2) is 0 Å². The fourth-order valence-electron chi connectivity index (χ4n) is 2.23. The molecule has 2 N–H and O–H groups in total. The lowest BCUT2D eigenvalue weighted by atomic mass is 10.00. The molecule has 0 radical (unpaired) electrons. The van der Waals surface area contributed by atoms with Gasteiger partial charge in [-0.3, -0.25) is 9.59 Å². The minimum Gasteiger partial charge on any atom is -0.355 e. The Bertz CT molecular complexity index is 726. The van der Waals surface area contributed by atoms with Crippen molar-refractivity contribution in [2.24, 2.45) is 0 Å². The summed E-state index contributed by atoms with van der Waals surface area (Å²) in [5.74, 6) is -0.691. The molecule has 0 heterocycles. The summed E-state index contributed by atoms with van der Waals surface area (Å²) in [4.78, 5) is 24.5. The summed E-state index contributed by atoms with van der Waals surface area (Å²) in [5.41, 5.74) is 2.86. The average Bonchev–Trinajstić information content (AvgIpc) is 2.55. The summed E-state index contributed by atoms with van der Waals surface area (Å²) < 4.78 is 0.967. The molecule has 4 nitrogen and oxygen atoms in total. The Balaban J connectivity index is 2.23. The van der Waals surface area contributed by atoms with Crippen LogP contribution in [0.1, 0.15) is 34.3 Å². The van der Waals surface area contributed by atoms with Crippen LogP contribution in [-0.4, -0.2) is 18.9 Å². The number of hydrogen-bond donors (Lipinski definition) is 2. The predicted molar refractivity (Wildman–Crippen MR) is 95.8 cm³/mol. The summed E-state index contributed by atoms with van der Waals surface area (Å²) in [6.07, 6.45) is 0. The molecule has 0 spiro atoms. The van der Waals surface area contributed by atoms with E-state index in [1.807, 2.05) is 44.2 Å². The molecule has 0 saturated heterocycles. The number of nitrogens with one attached hydrogen (secondary N) is 2. The molecule has 2 aromatic carbocycles. The van der Waals surface area contributed by atoms with Crippen molar-refractivity contribution in [2.75, 3.05) is 12.4 Å². The zero-order valence-electron chi connectivity index (χ0n) is 13.3. The summed E-state index contributed by atoms with van der Waals surface area (Å²) >= 11 is 3.38. The molecule has 2 rings (SSSR count). The lowest BCUT2D eigenvalue weighted by Gasteiger charge is -2.15. The van der Waals surface area contributed by atoms with E-state index in [0.29, 0.717) is 11.3 Å². The van der Waals surface area contributed by atoms with Crippen molar-refractivity contribution in [1.29, 1.82) is 0 Å². The molecule has 0 saturated carbocycles. The summed E-state index contributed by atoms with van der Waals surface area (Å²) in [6, 6.07) is 13.0. The summed E-state index contributed by atoms with van der Waals surface area (Å²) in [5, 5.41) is 5.45. The van der Waals surface area contributed by atoms with Crippen LogP contribution in [0.2, 0.25) is 0 Å². The van der Waals surface area contributed by atoms with Crippen molar-refractivity contribution in [2.45, 2.75) is 19.8 Å². The number of hydrogen-bond acceptors (Lipinski definition) is 2. The van der Waals surface area contributed by atoms with Gasteiger partial charge in [-0.1, -0.05) is 39.7 Å². The fraction of sp³-hybridized carbons (Fsp3) is 0.222. The van der Waals surface area contributed by atoms with Crippen LogP contribution in [0, 0.1) is 6.92 Å². The molecule has 0 unspecified atom stereocenters. The zero-order valence-corrected chi connectivity index (χ0v) is 14.9. The van der Waals surface area contributed by atoms with E-state index in [1.165, 1.54) is 0 Å². The summed E-state index contributed by atoms with van der Waals surface area (Å²) in [6.45, 7) is 3.74. The van der Waals surface area contributed by atoms with Gasteiger partial charge in [-0.05, 0) is 43.7 Å². The van der Waals surface area contributed by atoms with Crippen molar-refractivity contribution in [1.82, 2.24) is 5.32 Å². The van der Waals surface area contributed by atoms with Crippen LogP contribution in [0.3, 0.4) is 0 Å². The molecule has 5 heteroatoms. The lowest BCUT2D eigenvalue weighted by molar-refractivity contribution is -0.117. The van der Waals surface area contributed by atoms with Crippen LogP contribution in [0.15, 0.2) is 46.9 Å². The van der Waals surface area contributed by atoms with Crippen LogP contribution in [0.25, 0.3) is 0 Å². The molecule has 23 heavy (non-hydrogen) atoms. The number of aryl methyl sites for hydroxylation is 1. The second-order valence-electron chi connectivity index (χ2n) is 5.39. The topological polar surface area (TPSA) is 58.2 Å². The average molecular weight is 375 g/mol. The maximum Gasteiger partial charge on any atom is 0.253 e. The van der Waals surface area contributed by atoms with Crippen LogP contribution >= 0.6 is 15.9 Å². The van der Waals surface area contributed by atoms with Crippen LogP contribution in [0.5, 0.6) is 0 Å². The molecule has 2 amide bonds. The smallest absolute Gasteiger partial charge is 0.253 e. The van der Waals surface area contributed by atoms with Crippen molar-refractivity contribution < 1.29 is 9.59 Å². The quantitative estimate of drug-likeness (QED) is 0.853. The van der Waals surface area contributed by atoms with E-state index < -0.39 is 0 Å². The van der Waals surface area contributed by atoms with Gasteiger partial charge in [0.05, 0.1) is 17.2 Å². The molecule has 120 valence electrons. The predicted octanol–water partition coefficient (Wildman–Crippen LogP) is 3.86. The normalized spacial score (nSPS) is 11.7. The third-order valence-corrected chi connectivity index (χ3v) is 4.20. The van der Waals surface area contributed by atoms with E-state index in [0.717, 1.165) is 15.6 Å². The maximum atomic E-state index is 12.5. The third-order valence-electron chi connectivity index (χ3n) is 3.67. The highest BCUT2D eigenvalue weighted by molar-refractivity contribution is 9.10. The van der Waals surface area contributed by atoms with Crippen LogP contribution in [-0.2, 0) is 4.79 Å². The van der Waals surface area contributed by atoms with Crippen LogP contribution < -0.4 is 10.6 Å². The molecular formula is C18H19BrN2O2. The molecule has 0 fully saturated rings. The van der Waals surface area contributed by atoms with E-state index in [-0.39, 0.29) is 17.7 Å². The molecule has 1 atom stereocenters. The first-order valence-electron chi connectivity index (χ1n) is 7.31. The van der Waals surface area contributed by atoms with Crippen LogP contribution in [0.4, 0.5) is 5.69 Å². The number of amides is 2. The number of carbonyl (C=O) groups is 2. The van der Waals surface area contributed by atoms with Gasteiger partial charge < -0.3 is 10.6 Å². The van der Waals surface area contributed by atoms with Gasteiger partial charge in [0.1, 0.15) is 0 Å². The molecular weight excluding hydrogens is 356 g/mol. The van der Waals surface area contributed by atoms with Gasteiger partial charge in [-0.15, -0.1) is 0 Å². The Kier molecular flexibility index (Phi) is 5.55. The van der Waals surface area contributed by atoms with Crippen molar-refractivity contribution >= 4 is 33.4 Å². The highest BCUT2D eigenvalue weighted by Gasteiger charge is 2.18. The molecule has 0 aromatic heterocycles.